The maximum atomic E-state index is 12.4. The summed E-state index contributed by atoms with van der Waals surface area (Å²) in [5.41, 5.74) is 11.1. The number of benzene rings is 2. The van der Waals surface area contributed by atoms with E-state index in [1.165, 1.54) is 17.2 Å². The van der Waals surface area contributed by atoms with Gasteiger partial charge in [0.15, 0.2) is 0 Å². The Morgan fingerprint density at radius 1 is 1.00 bits per heavy atom. The van der Waals surface area contributed by atoms with Crippen molar-refractivity contribution in [1.82, 2.24) is 15.3 Å². The van der Waals surface area contributed by atoms with Crippen LogP contribution >= 0.6 is 24.8 Å². The van der Waals surface area contributed by atoms with Crippen LogP contribution in [0.15, 0.2) is 85.2 Å². The SMILES string of the molecule is Cl.Cl.NC[C@H](Cc1ccc(-c2ccccc2)cc1)NC(=O)C=Cc1c[nH]c2ncccc12. The van der Waals surface area contributed by atoms with Gasteiger partial charge in [0.2, 0.25) is 5.91 Å². The van der Waals surface area contributed by atoms with Gasteiger partial charge in [-0.05, 0) is 41.3 Å². The van der Waals surface area contributed by atoms with Gasteiger partial charge >= 0.3 is 0 Å². The minimum absolute atomic E-state index is 0. The number of nitrogens with one attached hydrogen (secondary N) is 2. The van der Waals surface area contributed by atoms with Gasteiger partial charge in [-0.3, -0.25) is 4.79 Å². The summed E-state index contributed by atoms with van der Waals surface area (Å²) in [6.07, 6.45) is 7.59. The molecule has 7 heteroatoms. The largest absolute Gasteiger partial charge is 0.348 e. The molecule has 0 fully saturated rings. The van der Waals surface area contributed by atoms with E-state index in [4.69, 9.17) is 5.73 Å². The van der Waals surface area contributed by atoms with E-state index >= 15 is 0 Å². The first-order chi connectivity index (χ1) is 14.7. The number of carbonyl (C=O) groups is 1. The van der Waals surface area contributed by atoms with Crippen LogP contribution in [0.1, 0.15) is 11.1 Å². The maximum Gasteiger partial charge on any atom is 0.244 e. The summed E-state index contributed by atoms with van der Waals surface area (Å²) in [5.74, 6) is -0.162. The molecule has 4 rings (SSSR count). The Balaban J connectivity index is 0.00000181. The second-order valence-corrected chi connectivity index (χ2v) is 7.19. The average Bonchev–Trinajstić information content (AvgIpc) is 3.21. The molecule has 1 amide bonds. The van der Waals surface area contributed by atoms with E-state index in [0.717, 1.165) is 22.2 Å². The number of amides is 1. The van der Waals surface area contributed by atoms with E-state index in [-0.39, 0.29) is 36.8 Å². The molecule has 0 saturated heterocycles. The number of aromatic nitrogens is 2. The molecule has 0 radical (unpaired) electrons. The molecule has 1 atom stereocenters. The third-order valence-electron chi connectivity index (χ3n) is 5.07. The van der Waals surface area contributed by atoms with Crippen LogP contribution in [0.25, 0.3) is 28.2 Å². The summed E-state index contributed by atoms with van der Waals surface area (Å²) in [6.45, 7) is 0.372. The van der Waals surface area contributed by atoms with E-state index in [0.29, 0.717) is 13.0 Å². The molecule has 4 N–H and O–H groups in total. The van der Waals surface area contributed by atoms with Crippen molar-refractivity contribution in [3.05, 3.63) is 96.3 Å². The van der Waals surface area contributed by atoms with Gasteiger partial charge in [-0.25, -0.2) is 4.98 Å². The fourth-order valence-electron chi connectivity index (χ4n) is 3.47. The van der Waals surface area contributed by atoms with Crippen molar-refractivity contribution in [3.8, 4) is 11.1 Å². The van der Waals surface area contributed by atoms with E-state index in [2.05, 4.69) is 51.7 Å². The minimum atomic E-state index is -0.162. The van der Waals surface area contributed by atoms with Crippen LogP contribution in [-0.4, -0.2) is 28.5 Å². The smallest absolute Gasteiger partial charge is 0.244 e. The van der Waals surface area contributed by atoms with E-state index in [1.807, 2.05) is 36.5 Å². The summed E-state index contributed by atoms with van der Waals surface area (Å²) in [5, 5.41) is 3.98. The van der Waals surface area contributed by atoms with Crippen molar-refractivity contribution >= 4 is 47.8 Å². The highest BCUT2D eigenvalue weighted by Crippen LogP contribution is 2.20. The molecule has 2 aromatic carbocycles. The van der Waals surface area contributed by atoms with Crippen molar-refractivity contribution in [2.45, 2.75) is 12.5 Å². The van der Waals surface area contributed by atoms with Crippen LogP contribution in [0.5, 0.6) is 0 Å². The topological polar surface area (TPSA) is 83.8 Å². The van der Waals surface area contributed by atoms with Gasteiger partial charge in [0.1, 0.15) is 5.65 Å². The van der Waals surface area contributed by atoms with Crippen molar-refractivity contribution in [2.75, 3.05) is 6.54 Å². The predicted octanol–water partition coefficient (Wildman–Crippen LogP) is 4.77. The van der Waals surface area contributed by atoms with Crippen molar-refractivity contribution in [1.29, 1.82) is 0 Å². The molecule has 5 nitrogen and oxygen atoms in total. The second kappa shape index (κ2) is 12.1. The lowest BCUT2D eigenvalue weighted by Gasteiger charge is -2.16. The van der Waals surface area contributed by atoms with Crippen LogP contribution < -0.4 is 11.1 Å². The summed E-state index contributed by atoms with van der Waals surface area (Å²) in [4.78, 5) is 19.7. The zero-order valence-corrected chi connectivity index (χ0v) is 19.0. The Morgan fingerprint density at radius 3 is 2.44 bits per heavy atom. The van der Waals surface area contributed by atoms with E-state index < -0.39 is 0 Å². The number of pyridine rings is 1. The number of hydrogen-bond donors (Lipinski definition) is 3. The molecular formula is C25H26Cl2N4O. The Hall–Kier alpha value is -3.12. The molecule has 0 bridgehead atoms. The Morgan fingerprint density at radius 2 is 1.72 bits per heavy atom. The Bertz CT molecular complexity index is 1160. The third-order valence-corrected chi connectivity index (χ3v) is 5.07. The van der Waals surface area contributed by atoms with Gasteiger partial charge in [0, 0.05) is 42.0 Å². The summed E-state index contributed by atoms with van der Waals surface area (Å²) >= 11 is 0. The molecule has 0 aliphatic carbocycles. The molecule has 0 aliphatic heterocycles. The first-order valence-electron chi connectivity index (χ1n) is 9.98. The number of carbonyl (C=O) groups excluding carboxylic acids is 1. The highest BCUT2D eigenvalue weighted by atomic mass is 35.5. The Kier molecular flexibility index (Phi) is 9.47. The van der Waals surface area contributed by atoms with Gasteiger partial charge < -0.3 is 16.0 Å². The van der Waals surface area contributed by atoms with Crippen LogP contribution in [-0.2, 0) is 11.2 Å². The normalized spacial score (nSPS) is 11.5. The quantitative estimate of drug-likeness (QED) is 0.341. The van der Waals surface area contributed by atoms with Gasteiger partial charge in [-0.2, -0.15) is 0 Å². The fourth-order valence-corrected chi connectivity index (χ4v) is 3.47. The first kappa shape index (κ1) is 25.1. The lowest BCUT2D eigenvalue weighted by atomic mass is 10.0. The fraction of sp³-hybridized carbons (Fsp3) is 0.120. The number of halogens is 2. The molecule has 0 aliphatic rings. The van der Waals surface area contributed by atoms with Crippen LogP contribution in [0.4, 0.5) is 0 Å². The number of nitrogens with zero attached hydrogens (tertiary/aromatic N) is 1. The van der Waals surface area contributed by atoms with Gasteiger partial charge in [-0.1, -0.05) is 54.6 Å². The molecule has 0 saturated carbocycles. The van der Waals surface area contributed by atoms with E-state index in [9.17, 15) is 4.79 Å². The summed E-state index contributed by atoms with van der Waals surface area (Å²) in [6, 6.07) is 22.4. The number of nitrogens with two attached hydrogens (primary N) is 1. The summed E-state index contributed by atoms with van der Waals surface area (Å²) in [7, 11) is 0. The van der Waals surface area contributed by atoms with Crippen molar-refractivity contribution < 1.29 is 4.79 Å². The molecule has 32 heavy (non-hydrogen) atoms. The Labute approximate surface area is 200 Å². The highest BCUT2D eigenvalue weighted by Gasteiger charge is 2.10. The molecule has 0 spiro atoms. The minimum Gasteiger partial charge on any atom is -0.348 e. The highest BCUT2D eigenvalue weighted by molar-refractivity contribution is 5.95. The second-order valence-electron chi connectivity index (χ2n) is 7.19. The predicted molar refractivity (Wildman–Crippen MR) is 136 cm³/mol. The lowest BCUT2D eigenvalue weighted by molar-refractivity contribution is -0.117. The molecule has 166 valence electrons. The number of rotatable bonds is 7. The van der Waals surface area contributed by atoms with Crippen LogP contribution in [0.3, 0.4) is 0 Å². The van der Waals surface area contributed by atoms with Gasteiger partial charge in [0.05, 0.1) is 0 Å². The maximum absolute atomic E-state index is 12.4. The number of hydrogen-bond acceptors (Lipinski definition) is 3. The zero-order chi connectivity index (χ0) is 20.8. The van der Waals surface area contributed by atoms with E-state index in [1.54, 1.807) is 12.3 Å². The average molecular weight is 469 g/mol. The molecule has 4 aromatic rings. The molecular weight excluding hydrogens is 443 g/mol. The zero-order valence-electron chi connectivity index (χ0n) is 17.4. The lowest BCUT2D eigenvalue weighted by Crippen LogP contribution is -2.40. The number of aromatic amines is 1. The first-order valence-corrected chi connectivity index (χ1v) is 9.98. The van der Waals surface area contributed by atoms with Gasteiger partial charge in [-0.15, -0.1) is 24.8 Å². The monoisotopic (exact) mass is 468 g/mol. The van der Waals surface area contributed by atoms with Crippen molar-refractivity contribution in [3.63, 3.8) is 0 Å². The number of fused-ring (bicyclic) bond motifs is 1. The summed E-state index contributed by atoms with van der Waals surface area (Å²) < 4.78 is 0. The molecule has 2 heterocycles. The van der Waals surface area contributed by atoms with Gasteiger partial charge in [0.25, 0.3) is 0 Å². The molecule has 0 unspecified atom stereocenters. The standard InChI is InChI=1S/C25H24N4O.2ClH/c26-16-22(15-18-8-10-20(11-9-18)19-5-2-1-3-6-19)29-24(30)13-12-21-17-28-25-23(21)7-4-14-27-25;;/h1-14,17,22H,15-16,26H2,(H,27,28)(H,29,30);2*1H/t22-;;/m0../s1. The van der Waals surface area contributed by atoms with Crippen molar-refractivity contribution in [2.24, 2.45) is 5.73 Å². The molecule has 2 aromatic heterocycles. The number of H-pyrrole nitrogens is 1. The van der Waals surface area contributed by atoms with Crippen LogP contribution in [0, 0.1) is 0 Å². The van der Waals surface area contributed by atoms with Crippen LogP contribution in [0.2, 0.25) is 0 Å². The third kappa shape index (κ3) is 6.20.